The summed E-state index contributed by atoms with van der Waals surface area (Å²) in [6.07, 6.45) is 6.33. The molecule has 68 valence electrons. The molecule has 0 aromatic heterocycles. The monoisotopic (exact) mass is 195 g/mol. The van der Waals surface area contributed by atoms with Gasteiger partial charge < -0.3 is 4.74 Å². The minimum absolute atomic E-state index is 0.234. The maximum Gasteiger partial charge on any atom is 0.345 e. The second-order valence-electron chi connectivity index (χ2n) is 2.12. The third kappa shape index (κ3) is 3.29. The molecule has 0 N–H and O–H groups in total. The lowest BCUT2D eigenvalue weighted by Crippen LogP contribution is -2.05. The molecule has 1 heterocycles. The first-order valence-electron chi connectivity index (χ1n) is 3.67. The quantitative estimate of drug-likeness (QED) is 0.510. The number of nitrogens with zero attached hydrogens (tertiary/aromatic N) is 1. The Bertz CT molecular complexity index is 292. The van der Waals surface area contributed by atoms with Crippen LogP contribution in [0.3, 0.4) is 0 Å². The van der Waals surface area contributed by atoms with Crippen molar-refractivity contribution < 1.29 is 9.53 Å². The summed E-state index contributed by atoms with van der Waals surface area (Å²) in [6.45, 7) is 3.69. The first-order valence-corrected chi connectivity index (χ1v) is 4.55. The number of rotatable bonds is 3. The SMILES string of the molecule is C=CCOC(=O)C1=CC=NC=CS1. The van der Waals surface area contributed by atoms with Crippen LogP contribution in [0.5, 0.6) is 0 Å². The molecule has 0 unspecified atom stereocenters. The number of ether oxygens (including phenoxy) is 1. The molecule has 0 aliphatic carbocycles. The van der Waals surface area contributed by atoms with Crippen molar-refractivity contribution in [3.05, 3.63) is 35.2 Å². The summed E-state index contributed by atoms with van der Waals surface area (Å²) in [5.74, 6) is -0.345. The maximum absolute atomic E-state index is 11.3. The van der Waals surface area contributed by atoms with Crippen LogP contribution in [0, 0.1) is 0 Å². The van der Waals surface area contributed by atoms with E-state index in [1.54, 1.807) is 23.9 Å². The van der Waals surface area contributed by atoms with Crippen LogP contribution >= 0.6 is 11.8 Å². The fourth-order valence-corrected chi connectivity index (χ4v) is 1.23. The second-order valence-corrected chi connectivity index (χ2v) is 3.07. The highest BCUT2D eigenvalue weighted by Crippen LogP contribution is 2.19. The van der Waals surface area contributed by atoms with Gasteiger partial charge in [0.25, 0.3) is 0 Å². The fraction of sp³-hybridized carbons (Fsp3) is 0.111. The van der Waals surface area contributed by atoms with E-state index in [1.165, 1.54) is 17.8 Å². The minimum atomic E-state index is -0.345. The van der Waals surface area contributed by atoms with Gasteiger partial charge in [-0.1, -0.05) is 24.4 Å². The largest absolute Gasteiger partial charge is 0.457 e. The molecule has 0 aromatic carbocycles. The molecule has 3 nitrogen and oxygen atoms in total. The summed E-state index contributed by atoms with van der Waals surface area (Å²) in [7, 11) is 0. The highest BCUT2D eigenvalue weighted by molar-refractivity contribution is 8.06. The molecule has 0 fully saturated rings. The fourth-order valence-electron chi connectivity index (χ4n) is 0.660. The second kappa shape index (κ2) is 5.37. The van der Waals surface area contributed by atoms with Gasteiger partial charge in [0.05, 0.1) is 4.91 Å². The summed E-state index contributed by atoms with van der Waals surface area (Å²) in [6, 6.07) is 0. The highest BCUT2D eigenvalue weighted by atomic mass is 32.2. The summed E-state index contributed by atoms with van der Waals surface area (Å²) in [4.78, 5) is 15.6. The van der Waals surface area contributed by atoms with Crippen LogP contribution < -0.4 is 0 Å². The minimum Gasteiger partial charge on any atom is -0.457 e. The van der Waals surface area contributed by atoms with Crippen molar-refractivity contribution in [3.63, 3.8) is 0 Å². The van der Waals surface area contributed by atoms with Crippen LogP contribution in [0.2, 0.25) is 0 Å². The molecule has 4 heteroatoms. The van der Waals surface area contributed by atoms with Crippen LogP contribution in [-0.2, 0) is 9.53 Å². The molecule has 0 spiro atoms. The average molecular weight is 195 g/mol. The smallest absolute Gasteiger partial charge is 0.345 e. The van der Waals surface area contributed by atoms with E-state index >= 15 is 0 Å². The molecule has 1 rings (SSSR count). The number of carbonyl (C=O) groups is 1. The zero-order chi connectivity index (χ0) is 9.52. The Morgan fingerprint density at radius 2 is 2.62 bits per heavy atom. The Labute approximate surface area is 80.9 Å². The van der Waals surface area contributed by atoms with Gasteiger partial charge >= 0.3 is 5.97 Å². The number of esters is 1. The zero-order valence-electron chi connectivity index (χ0n) is 6.97. The lowest BCUT2D eigenvalue weighted by atomic mass is 10.5. The topological polar surface area (TPSA) is 38.7 Å². The van der Waals surface area contributed by atoms with Crippen LogP contribution in [-0.4, -0.2) is 18.8 Å². The van der Waals surface area contributed by atoms with E-state index in [4.69, 9.17) is 4.74 Å². The van der Waals surface area contributed by atoms with Crippen LogP contribution in [0.25, 0.3) is 0 Å². The molecule has 13 heavy (non-hydrogen) atoms. The molecule has 0 aromatic rings. The number of allylic oxidation sites excluding steroid dienone is 1. The van der Waals surface area contributed by atoms with Crippen LogP contribution in [0.15, 0.2) is 40.2 Å². The maximum atomic E-state index is 11.3. The molecule has 0 saturated carbocycles. The number of carbonyl (C=O) groups excluding carboxylic acids is 1. The van der Waals surface area contributed by atoms with E-state index in [2.05, 4.69) is 11.6 Å². The highest BCUT2D eigenvalue weighted by Gasteiger charge is 2.09. The van der Waals surface area contributed by atoms with Crippen molar-refractivity contribution in [2.24, 2.45) is 4.99 Å². The Morgan fingerprint density at radius 1 is 1.77 bits per heavy atom. The van der Waals surface area contributed by atoms with Crippen molar-refractivity contribution in [3.8, 4) is 0 Å². The number of hydrogen-bond donors (Lipinski definition) is 0. The van der Waals surface area contributed by atoms with Gasteiger partial charge in [-0.3, -0.25) is 4.99 Å². The van der Waals surface area contributed by atoms with Gasteiger partial charge in [-0.2, -0.15) is 0 Å². The normalized spacial score (nSPS) is 14.6. The van der Waals surface area contributed by atoms with Gasteiger partial charge in [0.15, 0.2) is 0 Å². The van der Waals surface area contributed by atoms with E-state index in [1.807, 2.05) is 0 Å². The van der Waals surface area contributed by atoms with Crippen molar-refractivity contribution >= 4 is 23.9 Å². The predicted molar refractivity (Wildman–Crippen MR) is 54.5 cm³/mol. The molecule has 0 atom stereocenters. The molecule has 1 aliphatic heterocycles. The van der Waals surface area contributed by atoms with Crippen molar-refractivity contribution in [1.82, 2.24) is 0 Å². The van der Waals surface area contributed by atoms with E-state index in [-0.39, 0.29) is 12.6 Å². The summed E-state index contributed by atoms with van der Waals surface area (Å²) < 4.78 is 4.84. The van der Waals surface area contributed by atoms with Gasteiger partial charge in [-0.25, -0.2) is 4.79 Å². The zero-order valence-corrected chi connectivity index (χ0v) is 7.79. The van der Waals surface area contributed by atoms with E-state index in [0.717, 1.165) is 0 Å². The lowest BCUT2D eigenvalue weighted by Gasteiger charge is -2.01. The summed E-state index contributed by atoms with van der Waals surface area (Å²) in [5, 5.41) is 1.73. The first-order chi connectivity index (χ1) is 6.34. The van der Waals surface area contributed by atoms with Crippen molar-refractivity contribution in [2.75, 3.05) is 6.61 Å². The first kappa shape index (κ1) is 9.80. The van der Waals surface area contributed by atoms with E-state index in [0.29, 0.717) is 4.91 Å². The van der Waals surface area contributed by atoms with Gasteiger partial charge in [-0.05, 0) is 11.5 Å². The van der Waals surface area contributed by atoms with Gasteiger partial charge in [0.2, 0.25) is 0 Å². The average Bonchev–Trinajstić information content (AvgIpc) is 2.42. The summed E-state index contributed by atoms with van der Waals surface area (Å²) in [5.41, 5.74) is 0. The Hall–Kier alpha value is -1.29. The molecule has 1 aliphatic rings. The van der Waals surface area contributed by atoms with E-state index < -0.39 is 0 Å². The van der Waals surface area contributed by atoms with Crippen LogP contribution in [0.4, 0.5) is 0 Å². The standard InChI is InChI=1S/C9H9NO2S/c1-2-6-12-9(11)8-3-4-10-5-7-13-8/h2-5,7H,1,6H2. The van der Waals surface area contributed by atoms with Crippen molar-refractivity contribution in [2.45, 2.75) is 0 Å². The number of hydrogen-bond acceptors (Lipinski definition) is 4. The molecular formula is C9H9NO2S. The molecule has 0 radical (unpaired) electrons. The van der Waals surface area contributed by atoms with Crippen LogP contribution in [0.1, 0.15) is 0 Å². The molecule has 0 amide bonds. The van der Waals surface area contributed by atoms with E-state index in [9.17, 15) is 4.79 Å². The number of thioether (sulfide) groups is 1. The van der Waals surface area contributed by atoms with Gasteiger partial charge in [0, 0.05) is 12.4 Å². The molecule has 0 bridgehead atoms. The lowest BCUT2D eigenvalue weighted by molar-refractivity contribution is -0.136. The third-order valence-corrected chi connectivity index (χ3v) is 2.00. The Kier molecular flexibility index (Phi) is 4.05. The van der Waals surface area contributed by atoms with Crippen molar-refractivity contribution in [1.29, 1.82) is 0 Å². The predicted octanol–water partition coefficient (Wildman–Crippen LogP) is 1.89. The molecular weight excluding hydrogens is 186 g/mol. The van der Waals surface area contributed by atoms with Gasteiger partial charge in [-0.15, -0.1) is 0 Å². The summed E-state index contributed by atoms with van der Waals surface area (Å²) >= 11 is 1.29. The molecule has 0 saturated heterocycles. The third-order valence-electron chi connectivity index (χ3n) is 1.19. The Morgan fingerprint density at radius 3 is 3.38 bits per heavy atom. The Balaban J connectivity index is 2.55. The van der Waals surface area contributed by atoms with Gasteiger partial charge in [0.1, 0.15) is 6.61 Å². The number of aliphatic imine (C=N–C) groups is 1.